The fourth-order valence-electron chi connectivity index (χ4n) is 2.82. The Labute approximate surface area is 198 Å². The zero-order valence-corrected chi connectivity index (χ0v) is 21.2. The second-order valence-electron chi connectivity index (χ2n) is 6.89. The molecule has 0 saturated carbocycles. The summed E-state index contributed by atoms with van der Waals surface area (Å²) in [6.45, 7) is -0.261. The molecule has 0 bridgehead atoms. The van der Waals surface area contributed by atoms with Gasteiger partial charge in [0.25, 0.3) is 0 Å². The lowest BCUT2D eigenvalue weighted by Gasteiger charge is -2.38. The Morgan fingerprint density at radius 3 is 1.97 bits per heavy atom. The van der Waals surface area contributed by atoms with Gasteiger partial charge in [0.2, 0.25) is 0 Å². The van der Waals surface area contributed by atoms with E-state index in [0.717, 1.165) is 14.2 Å². The molecule has 0 aliphatic rings. The Morgan fingerprint density at radius 2 is 1.54 bits per heavy atom. The second-order valence-corrected chi connectivity index (χ2v) is 9.67. The molecule has 0 aromatic carbocycles. The molecule has 11 nitrogen and oxygen atoms in total. The normalized spacial score (nSPS) is 14.9. The summed E-state index contributed by atoms with van der Waals surface area (Å²) >= 11 is 0. The fourth-order valence-corrected chi connectivity index (χ4v) is 4.66. The lowest BCUT2D eigenvalue weighted by Crippen LogP contribution is -2.55. The predicted molar refractivity (Wildman–Crippen MR) is 111 cm³/mol. The van der Waals surface area contributed by atoms with Gasteiger partial charge >= 0.3 is 37.4 Å². The van der Waals surface area contributed by atoms with Crippen LogP contribution >= 0.6 is 16.1 Å². The number of carbonyl (C=O) groups is 2. The van der Waals surface area contributed by atoms with Crippen LogP contribution in [0.2, 0.25) is 0 Å². The van der Waals surface area contributed by atoms with Gasteiger partial charge in [-0.15, -0.1) is 0 Å². The minimum absolute atomic E-state index is 0.0815. The van der Waals surface area contributed by atoms with Gasteiger partial charge in [0, 0.05) is 40.4 Å². The Balaban J connectivity index is 5.42. The van der Waals surface area contributed by atoms with Crippen molar-refractivity contribution in [2.75, 3.05) is 53.3 Å². The number of amides is 2. The number of carbonyl (C=O) groups excluding carboxylic acids is 2. The first-order valence-corrected chi connectivity index (χ1v) is 12.8. The van der Waals surface area contributed by atoms with Gasteiger partial charge in [-0.3, -0.25) is 24.0 Å². The monoisotopic (exact) mass is 567 g/mol. The number of halogens is 6. The average molecular weight is 567 g/mol. The molecular formula is C16H29F6N3O8P2. The first-order chi connectivity index (χ1) is 16.0. The van der Waals surface area contributed by atoms with Gasteiger partial charge in [-0.05, 0) is 19.8 Å². The number of rotatable bonds is 16. The number of hydrogen-bond acceptors (Lipinski definition) is 8. The molecule has 2 unspecified atom stereocenters. The SMILES string of the molecule is CCOP(=O)(O)CN(CCCNC(=O)C(F)(F)F)CCCN(C(=O)C(F)(F)F)C(OC)(OC)[PH2]=O. The summed E-state index contributed by atoms with van der Waals surface area (Å²) in [6.07, 6.45) is -11.5. The van der Waals surface area contributed by atoms with Crippen molar-refractivity contribution in [3.8, 4) is 0 Å². The van der Waals surface area contributed by atoms with Crippen LogP contribution in [0.15, 0.2) is 0 Å². The summed E-state index contributed by atoms with van der Waals surface area (Å²) in [5.41, 5.74) is -2.49. The van der Waals surface area contributed by atoms with Crippen LogP contribution in [0, 0.1) is 0 Å². The Hall–Kier alpha value is -1.22. The standard InChI is InChI=1S/C16H29F6N3O8P2/c1-4-33-35(29,30)11-24(8-5-7-23-12(26)14(17,18)19)9-6-10-25(13(27)15(20,21)22)16(31-2,32-3)34-28/h4-11,34H2,1-3H3,(H,23,26)(H,29,30). The van der Waals surface area contributed by atoms with Crippen molar-refractivity contribution in [2.45, 2.75) is 37.8 Å². The van der Waals surface area contributed by atoms with Crippen molar-refractivity contribution in [3.63, 3.8) is 0 Å². The maximum Gasteiger partial charge on any atom is 0.471 e. The molecule has 2 atom stereocenters. The van der Waals surface area contributed by atoms with E-state index in [1.165, 1.54) is 11.8 Å². The summed E-state index contributed by atoms with van der Waals surface area (Å²) in [6, 6.07) is 0. The highest BCUT2D eigenvalue weighted by Crippen LogP contribution is 2.42. The molecule has 0 aromatic heterocycles. The van der Waals surface area contributed by atoms with Crippen molar-refractivity contribution in [3.05, 3.63) is 0 Å². The number of nitrogens with zero attached hydrogens (tertiary/aromatic N) is 2. The minimum Gasteiger partial charge on any atom is -0.348 e. The van der Waals surface area contributed by atoms with E-state index in [1.807, 2.05) is 0 Å². The lowest BCUT2D eigenvalue weighted by atomic mass is 10.3. The van der Waals surface area contributed by atoms with E-state index >= 15 is 0 Å². The third-order valence-electron chi connectivity index (χ3n) is 4.36. The number of methoxy groups -OCH3 is 2. The van der Waals surface area contributed by atoms with Crippen LogP contribution in [0.5, 0.6) is 0 Å². The first kappa shape index (κ1) is 33.8. The van der Waals surface area contributed by atoms with E-state index in [2.05, 4.69) is 0 Å². The average Bonchev–Trinajstić information content (AvgIpc) is 2.74. The maximum absolute atomic E-state index is 13.1. The van der Waals surface area contributed by atoms with Crippen LogP contribution in [0.1, 0.15) is 19.8 Å². The summed E-state index contributed by atoms with van der Waals surface area (Å²) in [5, 5.41) is 1.62. The molecule has 0 radical (unpaired) electrons. The van der Waals surface area contributed by atoms with Crippen LogP contribution in [0.4, 0.5) is 26.3 Å². The lowest BCUT2D eigenvalue weighted by molar-refractivity contribution is -0.250. The van der Waals surface area contributed by atoms with Gasteiger partial charge in [-0.2, -0.15) is 26.3 Å². The zero-order chi connectivity index (χ0) is 27.5. The molecule has 19 heteroatoms. The zero-order valence-electron chi connectivity index (χ0n) is 19.1. The summed E-state index contributed by atoms with van der Waals surface area (Å²) in [4.78, 5) is 33.9. The van der Waals surface area contributed by atoms with Gasteiger partial charge in [0.1, 0.15) is 14.7 Å². The van der Waals surface area contributed by atoms with E-state index < -0.39 is 65.3 Å². The quantitative estimate of drug-likeness (QED) is 0.124. The van der Waals surface area contributed by atoms with E-state index in [4.69, 9.17) is 14.0 Å². The summed E-state index contributed by atoms with van der Waals surface area (Å²) in [5.74, 6) is -4.57. The van der Waals surface area contributed by atoms with Gasteiger partial charge < -0.3 is 28.8 Å². The number of hydrogen-bond donors (Lipinski definition) is 2. The molecular weight excluding hydrogens is 538 g/mol. The molecule has 208 valence electrons. The molecule has 35 heavy (non-hydrogen) atoms. The first-order valence-electron chi connectivity index (χ1n) is 9.98. The number of alkyl halides is 6. The van der Waals surface area contributed by atoms with Crippen LogP contribution in [0.25, 0.3) is 0 Å². The Morgan fingerprint density at radius 1 is 1.00 bits per heavy atom. The third kappa shape index (κ3) is 11.6. The number of nitrogens with one attached hydrogen (secondary N) is 1. The van der Waals surface area contributed by atoms with Crippen LogP contribution in [-0.4, -0.2) is 97.8 Å². The van der Waals surface area contributed by atoms with Gasteiger partial charge in [-0.25, -0.2) is 0 Å². The summed E-state index contributed by atoms with van der Waals surface area (Å²) in [7, 11) is -4.66. The molecule has 0 rings (SSSR count). The van der Waals surface area contributed by atoms with Crippen molar-refractivity contribution >= 4 is 27.9 Å². The highest BCUT2D eigenvalue weighted by Gasteiger charge is 2.51. The summed E-state index contributed by atoms with van der Waals surface area (Å²) < 4.78 is 114. The van der Waals surface area contributed by atoms with Crippen LogP contribution in [0.3, 0.4) is 0 Å². The van der Waals surface area contributed by atoms with E-state index in [0.29, 0.717) is 0 Å². The molecule has 0 aliphatic heterocycles. The van der Waals surface area contributed by atoms with Crippen molar-refractivity contribution in [1.82, 2.24) is 15.1 Å². The Bertz CT molecular complexity index is 752. The largest absolute Gasteiger partial charge is 0.471 e. The van der Waals surface area contributed by atoms with Crippen LogP contribution in [-0.2, 0) is 32.7 Å². The molecule has 2 N–H and O–H groups in total. The molecule has 0 saturated heterocycles. The van der Waals surface area contributed by atoms with Crippen molar-refractivity contribution < 1.29 is 64.0 Å². The maximum atomic E-state index is 13.1. The molecule has 0 heterocycles. The van der Waals surface area contributed by atoms with Gasteiger partial charge in [0.15, 0.2) is 0 Å². The van der Waals surface area contributed by atoms with Crippen LogP contribution < -0.4 is 5.32 Å². The fraction of sp³-hybridized carbons (Fsp3) is 0.875. The minimum atomic E-state index is -5.36. The number of ether oxygens (including phenoxy) is 2. The predicted octanol–water partition coefficient (Wildman–Crippen LogP) is 1.98. The molecule has 0 aromatic rings. The Kier molecular flexibility index (Phi) is 14.0. The van der Waals surface area contributed by atoms with Gasteiger partial charge in [-0.1, -0.05) is 0 Å². The third-order valence-corrected chi connectivity index (χ3v) is 6.86. The van der Waals surface area contributed by atoms with Crippen molar-refractivity contribution in [2.24, 2.45) is 0 Å². The molecule has 0 aliphatic carbocycles. The van der Waals surface area contributed by atoms with E-state index in [1.54, 1.807) is 5.32 Å². The highest BCUT2D eigenvalue weighted by molar-refractivity contribution is 7.52. The molecule has 2 amide bonds. The topological polar surface area (TPSA) is 135 Å². The second kappa shape index (κ2) is 14.5. The smallest absolute Gasteiger partial charge is 0.348 e. The van der Waals surface area contributed by atoms with E-state index in [9.17, 15) is 50.0 Å². The van der Waals surface area contributed by atoms with E-state index in [-0.39, 0.29) is 37.4 Å². The highest BCUT2D eigenvalue weighted by atomic mass is 31.2. The van der Waals surface area contributed by atoms with Gasteiger partial charge in [0.05, 0.1) is 6.61 Å². The van der Waals surface area contributed by atoms with Crippen molar-refractivity contribution in [1.29, 1.82) is 0 Å². The molecule has 0 fully saturated rings. The molecule has 0 spiro atoms.